The first-order valence-corrected chi connectivity index (χ1v) is 21.4. The highest BCUT2D eigenvalue weighted by Crippen LogP contribution is 2.64. The lowest BCUT2D eigenvalue weighted by molar-refractivity contribution is -0.345. The van der Waals surface area contributed by atoms with Gasteiger partial charge in [0.05, 0.1) is 29.6 Å². The molecule has 18 heteroatoms. The fraction of sp³-hybridized carbons (Fsp3) is 0.591. The van der Waals surface area contributed by atoms with Gasteiger partial charge in [-0.2, -0.15) is 0 Å². The molecule has 5 N–H and O–H groups in total. The van der Waals surface area contributed by atoms with Gasteiger partial charge < -0.3 is 54.4 Å². The first-order valence-electron chi connectivity index (χ1n) is 20.5. The molecule has 0 spiro atoms. The summed E-state index contributed by atoms with van der Waals surface area (Å²) in [6.07, 6.45) is -12.6. The molecule has 2 bridgehead atoms. The van der Waals surface area contributed by atoms with Crippen LogP contribution in [0.2, 0.25) is 0 Å². The van der Waals surface area contributed by atoms with Gasteiger partial charge in [0, 0.05) is 36.6 Å². The highest BCUT2D eigenvalue weighted by molar-refractivity contribution is 7.10. The summed E-state index contributed by atoms with van der Waals surface area (Å²) < 4.78 is 35.8. The Kier molecular flexibility index (Phi) is 12.8. The van der Waals surface area contributed by atoms with E-state index in [2.05, 4.69) is 10.6 Å². The van der Waals surface area contributed by atoms with Crippen LogP contribution in [0.1, 0.15) is 96.4 Å². The van der Waals surface area contributed by atoms with Crippen LogP contribution < -0.4 is 10.6 Å². The van der Waals surface area contributed by atoms with Crippen molar-refractivity contribution in [1.82, 2.24) is 10.6 Å². The Morgan fingerprint density at radius 1 is 1.00 bits per heavy atom. The lowest BCUT2D eigenvalue weighted by atomic mass is 9.44. The number of fused-ring (bicyclic) bond motifs is 5. The molecule has 4 aliphatic rings. The molecule has 2 amide bonds. The number of hydrogen-bond acceptors (Lipinski definition) is 16. The van der Waals surface area contributed by atoms with E-state index in [0.717, 1.165) is 18.3 Å². The first kappa shape index (κ1) is 46.6. The SMILES string of the molecule is CCNC(=O)O[C@H]1C(=O)[C@@]2(C)[C@H]([C@H](OC(=O)c3ccccc3)[C@]3(O)C[C@H](OC(=O)[C@H](O)[C@@H](NC(=O)OC(C)(C)C)c4cccs4)C(C)=C1C3(C)C)[C@]1(OC(C)=O)CO[C@@H]1C[C@@H]2O. The molecular weight excluding hydrogens is 829 g/mol. The minimum absolute atomic E-state index is 0.0300. The molecule has 2 aromatic rings. The Morgan fingerprint density at radius 2 is 1.68 bits per heavy atom. The molecule has 1 saturated heterocycles. The van der Waals surface area contributed by atoms with Crippen molar-refractivity contribution in [3.05, 3.63) is 69.4 Å². The highest BCUT2D eigenvalue weighted by atomic mass is 32.1. The maximum atomic E-state index is 15.6. The summed E-state index contributed by atoms with van der Waals surface area (Å²) >= 11 is 1.14. The van der Waals surface area contributed by atoms with Crippen LogP contribution in [0.25, 0.3) is 0 Å². The summed E-state index contributed by atoms with van der Waals surface area (Å²) in [7, 11) is 0. The van der Waals surface area contributed by atoms with Crippen molar-refractivity contribution in [1.29, 1.82) is 0 Å². The van der Waals surface area contributed by atoms with Gasteiger partial charge in [0.1, 0.15) is 35.6 Å². The summed E-state index contributed by atoms with van der Waals surface area (Å²) in [5.41, 5.74) is -8.72. The van der Waals surface area contributed by atoms with E-state index in [0.29, 0.717) is 4.88 Å². The number of ether oxygens (including phenoxy) is 6. The number of hydrogen-bond donors (Lipinski definition) is 5. The number of ketones is 1. The van der Waals surface area contributed by atoms with Crippen molar-refractivity contribution in [3.63, 3.8) is 0 Å². The number of esters is 3. The lowest BCUT2D eigenvalue weighted by Crippen LogP contribution is -2.82. The zero-order valence-corrected chi connectivity index (χ0v) is 37.0. The van der Waals surface area contributed by atoms with Gasteiger partial charge in [-0.3, -0.25) is 9.59 Å². The van der Waals surface area contributed by atoms with E-state index in [-0.39, 0.29) is 36.3 Å². The van der Waals surface area contributed by atoms with E-state index in [4.69, 9.17) is 28.4 Å². The number of benzene rings is 1. The smallest absolute Gasteiger partial charge is 0.408 e. The molecule has 11 atom stereocenters. The largest absolute Gasteiger partial charge is 0.456 e. The third-order valence-corrected chi connectivity index (χ3v) is 13.7. The van der Waals surface area contributed by atoms with Gasteiger partial charge in [0.15, 0.2) is 23.6 Å². The second-order valence-electron chi connectivity index (χ2n) is 18.1. The summed E-state index contributed by atoms with van der Waals surface area (Å²) in [4.78, 5) is 83.9. The van der Waals surface area contributed by atoms with Crippen LogP contribution in [0.4, 0.5) is 9.59 Å². The van der Waals surface area contributed by atoms with Gasteiger partial charge in [-0.15, -0.1) is 11.3 Å². The first-order chi connectivity index (χ1) is 28.9. The molecule has 2 heterocycles. The fourth-order valence-electron chi connectivity index (χ4n) is 9.70. The molecule has 1 aliphatic heterocycles. The third kappa shape index (κ3) is 8.11. The molecule has 6 rings (SSSR count). The monoisotopic (exact) mass is 884 g/mol. The highest BCUT2D eigenvalue weighted by Gasteiger charge is 2.78. The van der Waals surface area contributed by atoms with E-state index in [1.165, 1.54) is 26.0 Å². The number of alkyl carbamates (subject to hydrolysis) is 2. The number of aliphatic hydroxyl groups is 3. The molecular formula is C44H56N2O15S. The van der Waals surface area contributed by atoms with Crippen molar-refractivity contribution in [2.75, 3.05) is 13.2 Å². The standard InChI is InChI=1S/C44H56N2O15S/c1-10-45-38(53)58-32-29-22(2)25(57-37(52)31(49)30(26-17-14-18-62-26)46-39(54)61-40(4,5)6)20-44(55,41(29,7)8)35(59-36(51)24-15-12-11-13-16-24)33-42(9,34(32)50)27(48)19-28-43(33,21-56-28)60-23(3)47/h11-18,25,27-28,30-33,35,48-49,55H,10,19-21H2,1-9H3,(H,45,53)(H,46,54)/t25-,27-,28+,30-,31+,32+,33-,35-,42+,43-,44+/m0/s1. The zero-order chi connectivity index (χ0) is 45.7. The molecule has 0 unspecified atom stereocenters. The minimum atomic E-state index is -2.41. The van der Waals surface area contributed by atoms with Crippen molar-refractivity contribution >= 4 is 47.2 Å². The van der Waals surface area contributed by atoms with Crippen LogP contribution >= 0.6 is 11.3 Å². The van der Waals surface area contributed by atoms with Crippen LogP contribution in [-0.4, -0.2) is 118 Å². The van der Waals surface area contributed by atoms with Crippen LogP contribution in [-0.2, 0) is 42.8 Å². The zero-order valence-electron chi connectivity index (χ0n) is 36.2. The fourth-order valence-corrected chi connectivity index (χ4v) is 10.5. The number of amides is 2. The summed E-state index contributed by atoms with van der Waals surface area (Å²) in [5, 5.41) is 44.2. The van der Waals surface area contributed by atoms with Crippen LogP contribution in [0.3, 0.4) is 0 Å². The number of carbonyl (C=O) groups excluding carboxylic acids is 6. The van der Waals surface area contributed by atoms with Crippen molar-refractivity contribution < 1.29 is 72.5 Å². The van der Waals surface area contributed by atoms with Crippen molar-refractivity contribution in [2.45, 2.75) is 135 Å². The summed E-state index contributed by atoms with van der Waals surface area (Å²) in [5.74, 6) is -5.44. The topological polar surface area (TPSA) is 243 Å². The minimum Gasteiger partial charge on any atom is -0.456 e. The Hall–Kier alpha value is -4.88. The van der Waals surface area contributed by atoms with Crippen molar-refractivity contribution in [2.24, 2.45) is 16.7 Å². The molecule has 62 heavy (non-hydrogen) atoms. The number of thiophene rings is 1. The van der Waals surface area contributed by atoms with Crippen LogP contribution in [0, 0.1) is 16.7 Å². The molecule has 3 aliphatic carbocycles. The van der Waals surface area contributed by atoms with Gasteiger partial charge in [-0.25, -0.2) is 19.2 Å². The molecule has 2 saturated carbocycles. The van der Waals surface area contributed by atoms with E-state index >= 15 is 4.79 Å². The quantitative estimate of drug-likeness (QED) is 0.128. The number of aliphatic hydroxyl groups excluding tert-OH is 2. The predicted octanol–water partition coefficient (Wildman–Crippen LogP) is 4.07. The summed E-state index contributed by atoms with van der Waals surface area (Å²) in [6, 6.07) is 9.70. The molecule has 1 aromatic carbocycles. The Labute approximate surface area is 363 Å². The summed E-state index contributed by atoms with van der Waals surface area (Å²) in [6.45, 7) is 13.5. The number of carbonyl (C=O) groups is 6. The Balaban J connectivity index is 1.55. The maximum Gasteiger partial charge on any atom is 0.408 e. The number of rotatable bonds is 10. The predicted molar refractivity (Wildman–Crippen MR) is 219 cm³/mol. The van der Waals surface area contributed by atoms with E-state index in [1.807, 2.05) is 0 Å². The molecule has 3 fully saturated rings. The van der Waals surface area contributed by atoms with Gasteiger partial charge in [-0.05, 0) is 76.3 Å². The van der Waals surface area contributed by atoms with Gasteiger partial charge in [-0.1, -0.05) is 38.1 Å². The normalized spacial score (nSPS) is 32.2. The van der Waals surface area contributed by atoms with E-state index in [9.17, 15) is 39.3 Å². The van der Waals surface area contributed by atoms with Crippen LogP contribution in [0.15, 0.2) is 59.0 Å². The second kappa shape index (κ2) is 17.0. The average molecular weight is 885 g/mol. The molecule has 338 valence electrons. The van der Waals surface area contributed by atoms with Gasteiger partial charge in [0.25, 0.3) is 0 Å². The maximum absolute atomic E-state index is 15.6. The molecule has 0 radical (unpaired) electrons. The van der Waals surface area contributed by atoms with E-state index in [1.54, 1.807) is 77.3 Å². The van der Waals surface area contributed by atoms with Gasteiger partial charge >= 0.3 is 30.1 Å². The van der Waals surface area contributed by atoms with Crippen molar-refractivity contribution in [3.8, 4) is 0 Å². The van der Waals surface area contributed by atoms with E-state index < -0.39 is 119 Å². The van der Waals surface area contributed by atoms with Crippen LogP contribution in [0.5, 0.6) is 0 Å². The number of Topliss-reactive ketones (excluding diaryl/α,β-unsaturated/α-hetero) is 1. The Morgan fingerprint density at radius 3 is 2.24 bits per heavy atom. The average Bonchev–Trinajstić information content (AvgIpc) is 3.72. The second-order valence-corrected chi connectivity index (χ2v) is 19.1. The third-order valence-electron chi connectivity index (χ3n) is 12.8. The molecule has 17 nitrogen and oxygen atoms in total. The lowest BCUT2D eigenvalue weighted by Gasteiger charge is -2.67. The Bertz CT molecular complexity index is 2100. The molecule has 1 aromatic heterocycles. The van der Waals surface area contributed by atoms with Gasteiger partial charge in [0.2, 0.25) is 0 Å². The number of nitrogens with one attached hydrogen (secondary N) is 2.